The standard InChI is InChI=1S/C29H28N4O4/c1-18-16-23-24(17-22(18)29(36)37)31-27(34)25(23)26(19-6-4-3-5-7-19)30-21-10-8-20(9-11-21)28(35)33-14-12-32(2)13-15-33/h3-11,16-17,30H,12-15H2,1-2H3,(H,31,34)(H,36,37)/b26-25+. The molecule has 3 N–H and O–H groups in total. The van der Waals surface area contributed by atoms with Gasteiger partial charge in [0.05, 0.1) is 22.5 Å². The summed E-state index contributed by atoms with van der Waals surface area (Å²) in [6, 6.07) is 20.0. The largest absolute Gasteiger partial charge is 0.478 e. The molecule has 2 heterocycles. The van der Waals surface area contributed by atoms with E-state index >= 15 is 0 Å². The van der Waals surface area contributed by atoms with Crippen LogP contribution in [0.3, 0.4) is 0 Å². The Kier molecular flexibility index (Phi) is 6.50. The van der Waals surface area contributed by atoms with Crippen molar-refractivity contribution in [2.75, 3.05) is 43.9 Å². The highest BCUT2D eigenvalue weighted by Crippen LogP contribution is 2.39. The smallest absolute Gasteiger partial charge is 0.336 e. The molecule has 0 saturated carbocycles. The van der Waals surface area contributed by atoms with E-state index in [9.17, 15) is 19.5 Å². The van der Waals surface area contributed by atoms with Crippen LogP contribution in [-0.4, -0.2) is 65.9 Å². The molecule has 3 aromatic rings. The lowest BCUT2D eigenvalue weighted by molar-refractivity contribution is -0.110. The van der Waals surface area contributed by atoms with Gasteiger partial charge in [-0.3, -0.25) is 9.59 Å². The summed E-state index contributed by atoms with van der Waals surface area (Å²) in [6.45, 7) is 4.84. The number of amides is 2. The van der Waals surface area contributed by atoms with E-state index in [-0.39, 0.29) is 17.4 Å². The first-order valence-electron chi connectivity index (χ1n) is 12.2. The fourth-order valence-corrected chi connectivity index (χ4v) is 4.72. The van der Waals surface area contributed by atoms with Gasteiger partial charge in [-0.05, 0) is 61.5 Å². The number of rotatable bonds is 5. The van der Waals surface area contributed by atoms with Crippen molar-refractivity contribution in [1.82, 2.24) is 9.80 Å². The van der Waals surface area contributed by atoms with Crippen LogP contribution in [0.5, 0.6) is 0 Å². The van der Waals surface area contributed by atoms with Gasteiger partial charge in [0.25, 0.3) is 11.8 Å². The molecule has 1 fully saturated rings. The first kappa shape index (κ1) is 24.3. The zero-order valence-corrected chi connectivity index (χ0v) is 20.7. The van der Waals surface area contributed by atoms with Crippen LogP contribution in [0.4, 0.5) is 11.4 Å². The highest BCUT2D eigenvalue weighted by molar-refractivity contribution is 6.37. The van der Waals surface area contributed by atoms with E-state index in [1.807, 2.05) is 47.4 Å². The first-order valence-corrected chi connectivity index (χ1v) is 12.2. The number of benzene rings is 3. The van der Waals surface area contributed by atoms with Crippen LogP contribution >= 0.6 is 0 Å². The Bertz CT molecular complexity index is 1410. The van der Waals surface area contributed by atoms with Crippen molar-refractivity contribution >= 4 is 40.4 Å². The monoisotopic (exact) mass is 496 g/mol. The lowest BCUT2D eigenvalue weighted by atomic mass is 9.96. The predicted octanol–water partition coefficient (Wildman–Crippen LogP) is 4.01. The van der Waals surface area contributed by atoms with Crippen LogP contribution < -0.4 is 10.6 Å². The molecular formula is C29H28N4O4. The average Bonchev–Trinajstić information content (AvgIpc) is 3.22. The van der Waals surface area contributed by atoms with E-state index in [0.29, 0.717) is 46.7 Å². The van der Waals surface area contributed by atoms with Gasteiger partial charge in [-0.1, -0.05) is 30.3 Å². The Hall–Kier alpha value is -4.43. The average molecular weight is 497 g/mol. The minimum Gasteiger partial charge on any atom is -0.478 e. The number of fused-ring (bicyclic) bond motifs is 1. The Morgan fingerprint density at radius 3 is 2.24 bits per heavy atom. The van der Waals surface area contributed by atoms with Crippen molar-refractivity contribution < 1.29 is 19.5 Å². The molecule has 2 amide bonds. The summed E-state index contributed by atoms with van der Waals surface area (Å²) < 4.78 is 0. The third-order valence-electron chi connectivity index (χ3n) is 6.84. The Balaban J connectivity index is 1.50. The summed E-state index contributed by atoms with van der Waals surface area (Å²) in [6.07, 6.45) is 0. The molecule has 8 heteroatoms. The van der Waals surface area contributed by atoms with Crippen molar-refractivity contribution in [2.45, 2.75) is 6.92 Å². The van der Waals surface area contributed by atoms with E-state index in [4.69, 9.17) is 0 Å². The number of anilines is 2. The molecule has 2 aliphatic heterocycles. The Morgan fingerprint density at radius 1 is 0.919 bits per heavy atom. The number of carbonyl (C=O) groups excluding carboxylic acids is 2. The lowest BCUT2D eigenvalue weighted by Gasteiger charge is -2.32. The molecule has 0 bridgehead atoms. The Morgan fingerprint density at radius 2 is 1.59 bits per heavy atom. The zero-order chi connectivity index (χ0) is 26.1. The van der Waals surface area contributed by atoms with Gasteiger partial charge >= 0.3 is 5.97 Å². The van der Waals surface area contributed by atoms with Crippen molar-refractivity contribution in [1.29, 1.82) is 0 Å². The summed E-state index contributed by atoms with van der Waals surface area (Å²) >= 11 is 0. The van der Waals surface area contributed by atoms with E-state index in [1.165, 1.54) is 6.07 Å². The number of carboxylic acid groups (broad SMARTS) is 1. The summed E-state index contributed by atoms with van der Waals surface area (Å²) in [5, 5.41) is 15.7. The maximum absolute atomic E-state index is 13.2. The predicted molar refractivity (Wildman–Crippen MR) is 143 cm³/mol. The SMILES string of the molecule is Cc1cc2c(cc1C(=O)O)NC(=O)/C2=C(/Nc1ccc(C(=O)N2CCN(C)CC2)cc1)c1ccccc1. The van der Waals surface area contributed by atoms with Crippen LogP contribution in [0.1, 0.15) is 37.4 Å². The second-order valence-electron chi connectivity index (χ2n) is 9.39. The zero-order valence-electron chi connectivity index (χ0n) is 20.7. The summed E-state index contributed by atoms with van der Waals surface area (Å²) in [7, 11) is 2.05. The first-order chi connectivity index (χ1) is 17.8. The van der Waals surface area contributed by atoms with E-state index in [1.54, 1.807) is 25.1 Å². The van der Waals surface area contributed by atoms with E-state index in [0.717, 1.165) is 24.3 Å². The van der Waals surface area contributed by atoms with Crippen LogP contribution in [0, 0.1) is 6.92 Å². The molecule has 0 aromatic heterocycles. The van der Waals surface area contributed by atoms with Crippen molar-refractivity contribution in [3.05, 3.63) is 94.5 Å². The van der Waals surface area contributed by atoms with Crippen LogP contribution in [0.15, 0.2) is 66.7 Å². The minimum atomic E-state index is -1.04. The molecular weight excluding hydrogens is 468 g/mol. The van der Waals surface area contributed by atoms with Gasteiger partial charge < -0.3 is 25.5 Å². The van der Waals surface area contributed by atoms with Gasteiger partial charge in [0.2, 0.25) is 0 Å². The van der Waals surface area contributed by atoms with Crippen LogP contribution in [0.2, 0.25) is 0 Å². The number of aromatic carboxylic acids is 1. The fourth-order valence-electron chi connectivity index (χ4n) is 4.72. The molecule has 0 unspecified atom stereocenters. The number of likely N-dealkylation sites (N-methyl/N-ethyl adjacent to an activating group) is 1. The lowest BCUT2D eigenvalue weighted by Crippen LogP contribution is -2.47. The topological polar surface area (TPSA) is 102 Å². The maximum atomic E-state index is 13.2. The molecule has 5 rings (SSSR count). The van der Waals surface area contributed by atoms with E-state index < -0.39 is 5.97 Å². The minimum absolute atomic E-state index is 0.00935. The number of carboxylic acids is 1. The molecule has 37 heavy (non-hydrogen) atoms. The third-order valence-corrected chi connectivity index (χ3v) is 6.84. The number of aryl methyl sites for hydroxylation is 1. The van der Waals surface area contributed by atoms with Gasteiger partial charge in [-0.15, -0.1) is 0 Å². The van der Waals surface area contributed by atoms with Gasteiger partial charge in [0, 0.05) is 43.0 Å². The molecule has 188 valence electrons. The summed E-state index contributed by atoms with van der Waals surface area (Å²) in [5.41, 5.74) is 4.99. The number of nitrogens with one attached hydrogen (secondary N) is 2. The van der Waals surface area contributed by atoms with Gasteiger partial charge in [-0.2, -0.15) is 0 Å². The third kappa shape index (κ3) is 4.83. The number of hydrogen-bond donors (Lipinski definition) is 3. The maximum Gasteiger partial charge on any atom is 0.336 e. The molecule has 0 spiro atoms. The van der Waals surface area contributed by atoms with Gasteiger partial charge in [0.1, 0.15) is 0 Å². The quantitative estimate of drug-likeness (QED) is 0.462. The molecule has 3 aromatic carbocycles. The highest BCUT2D eigenvalue weighted by Gasteiger charge is 2.30. The second kappa shape index (κ2) is 9.91. The highest BCUT2D eigenvalue weighted by atomic mass is 16.4. The van der Waals surface area contributed by atoms with E-state index in [2.05, 4.69) is 22.6 Å². The van der Waals surface area contributed by atoms with Gasteiger partial charge in [0.15, 0.2) is 0 Å². The molecule has 0 aliphatic carbocycles. The Labute approximate surface area is 215 Å². The summed E-state index contributed by atoms with van der Waals surface area (Å²) in [4.78, 5) is 41.8. The summed E-state index contributed by atoms with van der Waals surface area (Å²) in [5.74, 6) is -1.35. The number of piperazine rings is 1. The molecule has 1 saturated heterocycles. The van der Waals surface area contributed by atoms with Crippen molar-refractivity contribution in [3.8, 4) is 0 Å². The van der Waals surface area contributed by atoms with Crippen LogP contribution in [-0.2, 0) is 4.79 Å². The second-order valence-corrected chi connectivity index (χ2v) is 9.39. The molecule has 2 aliphatic rings. The molecule has 8 nitrogen and oxygen atoms in total. The number of nitrogens with zero attached hydrogens (tertiary/aromatic N) is 2. The van der Waals surface area contributed by atoms with Crippen molar-refractivity contribution in [3.63, 3.8) is 0 Å². The van der Waals surface area contributed by atoms with Crippen molar-refractivity contribution in [2.24, 2.45) is 0 Å². The molecule has 0 radical (unpaired) electrons. The van der Waals surface area contributed by atoms with Crippen LogP contribution in [0.25, 0.3) is 11.3 Å². The normalized spacial score (nSPS) is 16.7. The molecule has 0 atom stereocenters. The fraction of sp³-hybridized carbons (Fsp3) is 0.207. The number of carbonyl (C=O) groups is 3. The number of hydrogen-bond acceptors (Lipinski definition) is 5. The van der Waals surface area contributed by atoms with Gasteiger partial charge in [-0.25, -0.2) is 4.79 Å².